The molecule has 1 N–H and O–H groups in total. The van der Waals surface area contributed by atoms with Crippen molar-refractivity contribution >= 4 is 11.8 Å². The maximum absolute atomic E-state index is 4.87. The molecule has 1 fully saturated rings. The molecular formula is C20H28N4. The van der Waals surface area contributed by atoms with Gasteiger partial charge in [-0.05, 0) is 32.1 Å². The van der Waals surface area contributed by atoms with E-state index in [9.17, 15) is 0 Å². The number of hydrogen-bond donors (Lipinski definition) is 1. The van der Waals surface area contributed by atoms with Crippen LogP contribution in [-0.4, -0.2) is 29.1 Å². The number of aromatic nitrogens is 2. The van der Waals surface area contributed by atoms with Crippen molar-refractivity contribution in [3.63, 3.8) is 0 Å². The number of benzene rings is 1. The summed E-state index contributed by atoms with van der Waals surface area (Å²) in [4.78, 5) is 12.0. The van der Waals surface area contributed by atoms with Gasteiger partial charge >= 0.3 is 0 Å². The average molecular weight is 324 g/mol. The predicted molar refractivity (Wildman–Crippen MR) is 101 cm³/mol. The fraction of sp³-hybridized carbons (Fsp3) is 0.500. The molecule has 1 aromatic carbocycles. The molecule has 4 heteroatoms. The highest BCUT2D eigenvalue weighted by Crippen LogP contribution is 2.26. The van der Waals surface area contributed by atoms with Crippen molar-refractivity contribution in [3.05, 3.63) is 36.4 Å². The van der Waals surface area contributed by atoms with Crippen LogP contribution >= 0.6 is 0 Å². The molecule has 24 heavy (non-hydrogen) atoms. The lowest BCUT2D eigenvalue weighted by molar-refractivity contribution is 0.442. The number of hydrogen-bond acceptors (Lipinski definition) is 4. The van der Waals surface area contributed by atoms with Crippen molar-refractivity contribution in [1.82, 2.24) is 9.97 Å². The smallest absolute Gasteiger partial charge is 0.227 e. The third kappa shape index (κ3) is 4.05. The zero-order chi connectivity index (χ0) is 16.9. The van der Waals surface area contributed by atoms with Crippen LogP contribution in [0, 0.1) is 5.92 Å². The summed E-state index contributed by atoms with van der Waals surface area (Å²) < 4.78 is 0. The van der Waals surface area contributed by atoms with Crippen LogP contribution in [0.3, 0.4) is 0 Å². The van der Waals surface area contributed by atoms with Crippen LogP contribution in [0.1, 0.15) is 40.0 Å². The topological polar surface area (TPSA) is 41.1 Å². The van der Waals surface area contributed by atoms with Crippen LogP contribution < -0.4 is 10.2 Å². The van der Waals surface area contributed by atoms with Gasteiger partial charge in [-0.2, -0.15) is 4.98 Å². The Bertz CT molecular complexity index is 656. The summed E-state index contributed by atoms with van der Waals surface area (Å²) in [6.45, 7) is 8.77. The molecule has 0 radical (unpaired) electrons. The number of rotatable bonds is 5. The normalized spacial score (nSPS) is 19.1. The second-order valence-electron chi connectivity index (χ2n) is 6.95. The Morgan fingerprint density at radius 1 is 1.25 bits per heavy atom. The second-order valence-corrected chi connectivity index (χ2v) is 6.95. The third-order valence-corrected chi connectivity index (χ3v) is 4.73. The number of anilines is 2. The summed E-state index contributed by atoms with van der Waals surface area (Å²) >= 11 is 0. The largest absolute Gasteiger partial charge is 0.367 e. The Labute approximate surface area is 145 Å². The third-order valence-electron chi connectivity index (χ3n) is 4.73. The molecule has 0 spiro atoms. The van der Waals surface area contributed by atoms with Crippen molar-refractivity contribution in [2.75, 3.05) is 23.3 Å². The molecule has 128 valence electrons. The van der Waals surface area contributed by atoms with Gasteiger partial charge in [0.1, 0.15) is 5.82 Å². The number of piperidine rings is 1. The molecule has 4 nitrogen and oxygen atoms in total. The van der Waals surface area contributed by atoms with Gasteiger partial charge in [0.25, 0.3) is 0 Å². The van der Waals surface area contributed by atoms with Crippen molar-refractivity contribution in [3.8, 4) is 11.3 Å². The van der Waals surface area contributed by atoms with Gasteiger partial charge in [-0.1, -0.05) is 44.2 Å². The van der Waals surface area contributed by atoms with Gasteiger partial charge in [0.05, 0.1) is 5.69 Å². The standard InChI is InChI=1S/C20H28N4/c1-4-16(3)21-19-13-18(17-10-6-5-7-11-17)22-20(23-19)24-12-8-9-15(2)14-24/h5-7,10-11,13,15-16H,4,8-9,12,14H2,1-3H3,(H,21,22,23). The van der Waals surface area contributed by atoms with E-state index in [1.54, 1.807) is 0 Å². The maximum Gasteiger partial charge on any atom is 0.227 e. The van der Waals surface area contributed by atoms with Gasteiger partial charge in [-0.3, -0.25) is 0 Å². The highest BCUT2D eigenvalue weighted by atomic mass is 15.3. The molecule has 3 rings (SSSR count). The molecule has 2 unspecified atom stereocenters. The minimum atomic E-state index is 0.400. The van der Waals surface area contributed by atoms with Crippen molar-refractivity contribution in [2.45, 2.75) is 46.1 Å². The van der Waals surface area contributed by atoms with E-state index in [4.69, 9.17) is 9.97 Å². The molecule has 1 aliphatic heterocycles. The highest BCUT2D eigenvalue weighted by molar-refractivity contribution is 5.64. The quantitative estimate of drug-likeness (QED) is 0.873. The Balaban J connectivity index is 1.96. The summed E-state index contributed by atoms with van der Waals surface area (Å²) in [7, 11) is 0. The SMILES string of the molecule is CCC(C)Nc1cc(-c2ccccc2)nc(N2CCCC(C)C2)n1. The minimum Gasteiger partial charge on any atom is -0.367 e. The first-order valence-electron chi connectivity index (χ1n) is 9.11. The van der Waals surface area contributed by atoms with Crippen LogP contribution in [0.5, 0.6) is 0 Å². The summed E-state index contributed by atoms with van der Waals surface area (Å²) in [5.41, 5.74) is 2.13. The lowest BCUT2D eigenvalue weighted by Crippen LogP contribution is -2.35. The Morgan fingerprint density at radius 2 is 2.04 bits per heavy atom. The summed E-state index contributed by atoms with van der Waals surface area (Å²) in [5.74, 6) is 2.48. The molecule has 2 heterocycles. The number of nitrogens with zero attached hydrogens (tertiary/aromatic N) is 3. The van der Waals surface area contributed by atoms with Gasteiger partial charge in [-0.15, -0.1) is 0 Å². The molecule has 0 amide bonds. The molecule has 0 saturated carbocycles. The van der Waals surface area contributed by atoms with Crippen molar-refractivity contribution in [2.24, 2.45) is 5.92 Å². The Kier molecular flexibility index (Phi) is 5.34. The fourth-order valence-corrected chi connectivity index (χ4v) is 3.13. The maximum atomic E-state index is 4.87. The first-order valence-corrected chi connectivity index (χ1v) is 9.11. The van der Waals surface area contributed by atoms with Crippen LogP contribution in [0.4, 0.5) is 11.8 Å². The minimum absolute atomic E-state index is 0.400. The van der Waals surface area contributed by atoms with E-state index in [2.05, 4.69) is 61.3 Å². The molecular weight excluding hydrogens is 296 g/mol. The van der Waals surface area contributed by atoms with Crippen molar-refractivity contribution in [1.29, 1.82) is 0 Å². The van der Waals surface area contributed by atoms with E-state index in [1.807, 2.05) is 6.07 Å². The lowest BCUT2D eigenvalue weighted by atomic mass is 10.0. The fourth-order valence-electron chi connectivity index (χ4n) is 3.13. The molecule has 2 atom stereocenters. The molecule has 1 saturated heterocycles. The van der Waals surface area contributed by atoms with E-state index >= 15 is 0 Å². The van der Waals surface area contributed by atoms with E-state index < -0.39 is 0 Å². The molecule has 1 aliphatic rings. The molecule has 2 aromatic rings. The van der Waals surface area contributed by atoms with Crippen LogP contribution in [0.25, 0.3) is 11.3 Å². The summed E-state index contributed by atoms with van der Waals surface area (Å²) in [6.07, 6.45) is 3.59. The highest BCUT2D eigenvalue weighted by Gasteiger charge is 2.20. The van der Waals surface area contributed by atoms with Crippen LogP contribution in [0.15, 0.2) is 36.4 Å². The lowest BCUT2D eigenvalue weighted by Gasteiger charge is -2.31. The van der Waals surface area contributed by atoms with Gasteiger partial charge in [0.2, 0.25) is 5.95 Å². The summed E-state index contributed by atoms with van der Waals surface area (Å²) in [6, 6.07) is 12.8. The predicted octanol–water partition coefficient (Wildman–Crippen LogP) is 4.59. The Morgan fingerprint density at radius 3 is 2.75 bits per heavy atom. The van der Waals surface area contributed by atoms with E-state index in [-0.39, 0.29) is 0 Å². The molecule has 0 aliphatic carbocycles. The molecule has 1 aromatic heterocycles. The van der Waals surface area contributed by atoms with E-state index in [0.717, 1.165) is 42.5 Å². The molecule has 0 bridgehead atoms. The average Bonchev–Trinajstić information content (AvgIpc) is 2.62. The second kappa shape index (κ2) is 7.65. The van der Waals surface area contributed by atoms with E-state index in [1.165, 1.54) is 12.8 Å². The first-order chi connectivity index (χ1) is 11.7. The summed E-state index contributed by atoms with van der Waals surface area (Å²) in [5, 5.41) is 3.51. The zero-order valence-corrected chi connectivity index (χ0v) is 15.0. The first kappa shape index (κ1) is 16.7. The van der Waals surface area contributed by atoms with Gasteiger partial charge < -0.3 is 10.2 Å². The van der Waals surface area contributed by atoms with E-state index in [0.29, 0.717) is 12.0 Å². The monoisotopic (exact) mass is 324 g/mol. The number of nitrogens with one attached hydrogen (secondary N) is 1. The Hall–Kier alpha value is -2.10. The van der Waals surface area contributed by atoms with Gasteiger partial charge in [-0.25, -0.2) is 4.98 Å². The zero-order valence-electron chi connectivity index (χ0n) is 15.0. The van der Waals surface area contributed by atoms with Crippen LogP contribution in [-0.2, 0) is 0 Å². The van der Waals surface area contributed by atoms with Gasteiger partial charge in [0.15, 0.2) is 0 Å². The van der Waals surface area contributed by atoms with Crippen molar-refractivity contribution < 1.29 is 0 Å². The van der Waals surface area contributed by atoms with Gasteiger partial charge in [0, 0.05) is 30.8 Å². The van der Waals surface area contributed by atoms with Crippen LogP contribution in [0.2, 0.25) is 0 Å².